The Hall–Kier alpha value is -0.710. The summed E-state index contributed by atoms with van der Waals surface area (Å²) in [7, 11) is 0. The van der Waals surface area contributed by atoms with Crippen LogP contribution < -0.4 is 5.32 Å². The van der Waals surface area contributed by atoms with E-state index in [9.17, 15) is 13.6 Å². The molecule has 2 unspecified atom stereocenters. The fourth-order valence-corrected chi connectivity index (χ4v) is 2.50. The number of carbonyl (C=O) groups is 1. The van der Waals surface area contributed by atoms with Crippen molar-refractivity contribution in [2.45, 2.75) is 18.8 Å². The van der Waals surface area contributed by atoms with Crippen LogP contribution in [0.4, 0.5) is 8.78 Å². The monoisotopic (exact) mass is 205 g/mol. The molecule has 2 rings (SSSR count). The Labute approximate surface area is 80.5 Å². The highest BCUT2D eigenvalue weighted by molar-refractivity contribution is 5.70. The van der Waals surface area contributed by atoms with Crippen molar-refractivity contribution in [3.05, 3.63) is 0 Å². The number of carboxylic acid groups (broad SMARTS) is 1. The van der Waals surface area contributed by atoms with Gasteiger partial charge in [0, 0.05) is 24.9 Å². The minimum absolute atomic E-state index is 0.103. The molecule has 0 aromatic carbocycles. The molecule has 2 fully saturated rings. The second-order valence-corrected chi connectivity index (χ2v) is 4.23. The predicted octanol–water partition coefficient (Wildman–Crippen LogP) is 0.952. The van der Waals surface area contributed by atoms with Gasteiger partial charge >= 0.3 is 5.97 Å². The van der Waals surface area contributed by atoms with Crippen LogP contribution in [-0.2, 0) is 4.79 Å². The van der Waals surface area contributed by atoms with E-state index in [0.717, 1.165) is 0 Å². The Morgan fingerprint density at radius 1 is 1.29 bits per heavy atom. The molecule has 80 valence electrons. The first-order chi connectivity index (χ1) is 6.51. The number of hydrogen-bond donors (Lipinski definition) is 2. The van der Waals surface area contributed by atoms with Gasteiger partial charge in [-0.05, 0) is 12.8 Å². The van der Waals surface area contributed by atoms with E-state index in [0.29, 0.717) is 0 Å². The van der Waals surface area contributed by atoms with Gasteiger partial charge in [-0.1, -0.05) is 0 Å². The number of aliphatic carboxylic acids is 1. The van der Waals surface area contributed by atoms with E-state index in [1.807, 2.05) is 0 Å². The van der Waals surface area contributed by atoms with E-state index in [1.54, 1.807) is 0 Å². The van der Waals surface area contributed by atoms with E-state index in [1.165, 1.54) is 0 Å². The van der Waals surface area contributed by atoms with E-state index in [2.05, 4.69) is 5.32 Å². The fourth-order valence-electron chi connectivity index (χ4n) is 2.50. The molecule has 3 nitrogen and oxygen atoms in total. The van der Waals surface area contributed by atoms with E-state index in [4.69, 9.17) is 5.11 Å². The summed E-state index contributed by atoms with van der Waals surface area (Å²) < 4.78 is 27.0. The quantitative estimate of drug-likeness (QED) is 0.670. The highest BCUT2D eigenvalue weighted by atomic mass is 19.3. The first-order valence-electron chi connectivity index (χ1n) is 4.83. The molecule has 0 aromatic heterocycles. The van der Waals surface area contributed by atoms with Crippen molar-refractivity contribution >= 4 is 5.97 Å². The molecular formula is C9H13F2NO2. The Balaban J connectivity index is 2.16. The molecule has 1 aliphatic carbocycles. The fraction of sp³-hybridized carbons (Fsp3) is 0.889. The van der Waals surface area contributed by atoms with Crippen LogP contribution in [0.1, 0.15) is 12.8 Å². The Kier molecular flexibility index (Phi) is 2.21. The zero-order chi connectivity index (χ0) is 10.3. The van der Waals surface area contributed by atoms with Crippen molar-refractivity contribution in [2.75, 3.05) is 13.1 Å². The zero-order valence-electron chi connectivity index (χ0n) is 7.67. The standard InChI is InChI=1S/C9H13F2NO2/c10-9(11)6-1-5(8(13)14)2-7(9)4-12-3-6/h5-7,12H,1-4H2,(H,13,14). The maximum Gasteiger partial charge on any atom is 0.306 e. The maximum absolute atomic E-state index is 13.5. The summed E-state index contributed by atoms with van der Waals surface area (Å²) in [6.07, 6.45) is 0.206. The van der Waals surface area contributed by atoms with Crippen LogP contribution in [-0.4, -0.2) is 30.1 Å². The molecule has 1 aliphatic heterocycles. The van der Waals surface area contributed by atoms with Crippen molar-refractivity contribution in [1.82, 2.24) is 5.32 Å². The molecule has 2 atom stereocenters. The molecule has 0 amide bonds. The van der Waals surface area contributed by atoms with Crippen molar-refractivity contribution < 1.29 is 18.7 Å². The lowest BCUT2D eigenvalue weighted by atomic mass is 9.70. The van der Waals surface area contributed by atoms with E-state index in [-0.39, 0.29) is 25.9 Å². The highest BCUT2D eigenvalue weighted by Crippen LogP contribution is 2.46. The molecule has 1 saturated carbocycles. The number of piperidine rings is 1. The zero-order valence-corrected chi connectivity index (χ0v) is 7.67. The topological polar surface area (TPSA) is 49.3 Å². The molecule has 1 saturated heterocycles. The SMILES string of the molecule is O=C(O)C1CC2CNCC(C1)C2(F)F. The number of rotatable bonds is 1. The second-order valence-electron chi connectivity index (χ2n) is 4.23. The van der Waals surface area contributed by atoms with Gasteiger partial charge < -0.3 is 10.4 Å². The molecule has 2 aliphatic rings. The molecule has 2 bridgehead atoms. The largest absolute Gasteiger partial charge is 0.481 e. The lowest BCUT2D eigenvalue weighted by Crippen LogP contribution is -2.56. The van der Waals surface area contributed by atoms with Crippen molar-refractivity contribution in [1.29, 1.82) is 0 Å². The molecule has 5 heteroatoms. The number of halogens is 2. The van der Waals surface area contributed by atoms with Crippen molar-refractivity contribution in [3.8, 4) is 0 Å². The third-order valence-corrected chi connectivity index (χ3v) is 3.36. The minimum atomic E-state index is -2.67. The lowest BCUT2D eigenvalue weighted by Gasteiger charge is -2.44. The summed E-state index contributed by atoms with van der Waals surface area (Å²) in [5.74, 6) is -5.77. The van der Waals surface area contributed by atoms with Gasteiger partial charge in [-0.25, -0.2) is 8.78 Å². The Bertz CT molecular complexity index is 241. The smallest absolute Gasteiger partial charge is 0.306 e. The van der Waals surface area contributed by atoms with E-state index >= 15 is 0 Å². The van der Waals surface area contributed by atoms with Gasteiger partial charge in [-0.2, -0.15) is 0 Å². The Morgan fingerprint density at radius 3 is 2.21 bits per heavy atom. The van der Waals surface area contributed by atoms with Gasteiger partial charge in [0.15, 0.2) is 0 Å². The normalized spacial score (nSPS) is 40.6. The maximum atomic E-state index is 13.5. The summed E-state index contributed by atoms with van der Waals surface area (Å²) in [5.41, 5.74) is 0. The van der Waals surface area contributed by atoms with Crippen LogP contribution >= 0.6 is 0 Å². The summed E-state index contributed by atoms with van der Waals surface area (Å²) >= 11 is 0. The van der Waals surface area contributed by atoms with Gasteiger partial charge in [-0.3, -0.25) is 4.79 Å². The lowest BCUT2D eigenvalue weighted by molar-refractivity contribution is -0.171. The first-order valence-corrected chi connectivity index (χ1v) is 4.83. The van der Waals surface area contributed by atoms with Crippen LogP contribution in [0.15, 0.2) is 0 Å². The predicted molar refractivity (Wildman–Crippen MR) is 45.2 cm³/mol. The molecule has 0 spiro atoms. The van der Waals surface area contributed by atoms with Crippen LogP contribution in [0, 0.1) is 17.8 Å². The number of fused-ring (bicyclic) bond motifs is 2. The van der Waals surface area contributed by atoms with Crippen LogP contribution in [0.3, 0.4) is 0 Å². The first kappa shape index (κ1) is 9.83. The highest BCUT2D eigenvalue weighted by Gasteiger charge is 2.54. The summed E-state index contributed by atoms with van der Waals surface area (Å²) in [6.45, 7) is 0.487. The molecule has 14 heavy (non-hydrogen) atoms. The number of hydrogen-bond acceptors (Lipinski definition) is 2. The number of carboxylic acids is 1. The van der Waals surface area contributed by atoms with Crippen LogP contribution in [0.2, 0.25) is 0 Å². The average molecular weight is 205 g/mol. The van der Waals surface area contributed by atoms with Crippen molar-refractivity contribution in [2.24, 2.45) is 17.8 Å². The third-order valence-electron chi connectivity index (χ3n) is 3.36. The molecule has 0 aromatic rings. The molecule has 1 heterocycles. The second kappa shape index (κ2) is 3.15. The number of alkyl halides is 2. The van der Waals surface area contributed by atoms with Gasteiger partial charge in [0.25, 0.3) is 5.92 Å². The summed E-state index contributed by atoms with van der Waals surface area (Å²) in [6, 6.07) is 0. The summed E-state index contributed by atoms with van der Waals surface area (Å²) in [5, 5.41) is 11.7. The van der Waals surface area contributed by atoms with Gasteiger partial charge in [0.1, 0.15) is 0 Å². The Morgan fingerprint density at radius 2 is 1.79 bits per heavy atom. The van der Waals surface area contributed by atoms with Gasteiger partial charge in [0.2, 0.25) is 0 Å². The van der Waals surface area contributed by atoms with Gasteiger partial charge in [-0.15, -0.1) is 0 Å². The summed E-state index contributed by atoms with van der Waals surface area (Å²) in [4.78, 5) is 10.7. The van der Waals surface area contributed by atoms with Crippen molar-refractivity contribution in [3.63, 3.8) is 0 Å². The molecular weight excluding hydrogens is 192 g/mol. The minimum Gasteiger partial charge on any atom is -0.481 e. The average Bonchev–Trinajstić information content (AvgIpc) is 2.00. The van der Waals surface area contributed by atoms with Crippen LogP contribution in [0.5, 0.6) is 0 Å². The third kappa shape index (κ3) is 1.39. The van der Waals surface area contributed by atoms with Gasteiger partial charge in [0.05, 0.1) is 5.92 Å². The molecule has 0 radical (unpaired) electrons. The van der Waals surface area contributed by atoms with Crippen LogP contribution in [0.25, 0.3) is 0 Å². The molecule has 2 N–H and O–H groups in total. The number of nitrogens with one attached hydrogen (secondary N) is 1. The van der Waals surface area contributed by atoms with E-state index < -0.39 is 29.6 Å².